The fraction of sp³-hybridized carbons (Fsp3) is 0.538. The molecule has 0 aliphatic carbocycles. The Kier molecular flexibility index (Phi) is 6.74. The Bertz CT molecular complexity index is 329. The summed E-state index contributed by atoms with van der Waals surface area (Å²) in [4.78, 5) is 0. The molecule has 0 spiro atoms. The Hall–Kier alpha value is -1.00. The summed E-state index contributed by atoms with van der Waals surface area (Å²) in [6, 6.07) is 4.31. The van der Waals surface area contributed by atoms with Gasteiger partial charge >= 0.3 is 0 Å². The zero-order valence-electron chi connectivity index (χ0n) is 10.2. The van der Waals surface area contributed by atoms with E-state index >= 15 is 0 Å². The molecule has 1 rings (SSSR count). The summed E-state index contributed by atoms with van der Waals surface area (Å²) in [5.41, 5.74) is 0.434. The van der Waals surface area contributed by atoms with E-state index in [2.05, 4.69) is 17.6 Å². The van der Waals surface area contributed by atoms with E-state index < -0.39 is 11.6 Å². The predicted molar refractivity (Wildman–Crippen MR) is 66.1 cm³/mol. The van der Waals surface area contributed by atoms with Gasteiger partial charge in [0.1, 0.15) is 0 Å². The Morgan fingerprint density at radius 1 is 1.06 bits per heavy atom. The fourth-order valence-electron chi connectivity index (χ4n) is 1.60. The van der Waals surface area contributed by atoms with Crippen molar-refractivity contribution in [1.29, 1.82) is 0 Å². The molecular weight excluding hydrogens is 222 g/mol. The van der Waals surface area contributed by atoms with Gasteiger partial charge in [-0.05, 0) is 50.7 Å². The van der Waals surface area contributed by atoms with Gasteiger partial charge in [0, 0.05) is 0 Å². The summed E-state index contributed by atoms with van der Waals surface area (Å²) in [7, 11) is 0. The molecule has 0 saturated heterocycles. The number of benzene rings is 1. The van der Waals surface area contributed by atoms with Gasteiger partial charge in [-0.2, -0.15) is 0 Å². The highest BCUT2D eigenvalue weighted by atomic mass is 19.2. The van der Waals surface area contributed by atoms with Gasteiger partial charge in [0.25, 0.3) is 0 Å². The molecule has 17 heavy (non-hydrogen) atoms. The van der Waals surface area contributed by atoms with Crippen molar-refractivity contribution < 1.29 is 8.78 Å². The lowest BCUT2D eigenvalue weighted by Crippen LogP contribution is -2.23. The minimum atomic E-state index is -0.769. The van der Waals surface area contributed by atoms with E-state index in [1.165, 1.54) is 0 Å². The van der Waals surface area contributed by atoms with Crippen LogP contribution >= 0.6 is 0 Å². The van der Waals surface area contributed by atoms with Crippen molar-refractivity contribution in [2.75, 3.05) is 26.2 Å². The van der Waals surface area contributed by atoms with Crippen molar-refractivity contribution in [3.8, 4) is 0 Å². The molecule has 0 saturated carbocycles. The molecule has 0 bridgehead atoms. The van der Waals surface area contributed by atoms with Crippen molar-refractivity contribution in [1.82, 2.24) is 10.6 Å². The van der Waals surface area contributed by atoms with Gasteiger partial charge in [-0.15, -0.1) is 0 Å². The Morgan fingerprint density at radius 2 is 1.82 bits per heavy atom. The van der Waals surface area contributed by atoms with Crippen LogP contribution in [0.2, 0.25) is 0 Å². The number of nitrogens with one attached hydrogen (secondary N) is 2. The summed E-state index contributed by atoms with van der Waals surface area (Å²) >= 11 is 0. The van der Waals surface area contributed by atoms with Crippen LogP contribution in [0.15, 0.2) is 18.2 Å². The molecule has 0 fully saturated rings. The van der Waals surface area contributed by atoms with E-state index in [0.717, 1.165) is 32.1 Å². The van der Waals surface area contributed by atoms with Crippen LogP contribution in [0.25, 0.3) is 0 Å². The predicted octanol–water partition coefficient (Wildman–Crippen LogP) is 2.10. The lowest BCUT2D eigenvalue weighted by atomic mass is 10.1. The maximum Gasteiger partial charge on any atom is 0.162 e. The number of halogens is 2. The standard InChI is InChI=1S/C13H20F2N2/c1-2-16-8-4-9-17-10-7-11-5-3-6-12(14)13(11)15/h3,5-6,16-17H,2,4,7-10H2,1H3. The van der Waals surface area contributed by atoms with Crippen LogP contribution in [-0.4, -0.2) is 26.2 Å². The molecule has 2 nitrogen and oxygen atoms in total. The van der Waals surface area contributed by atoms with E-state index in [4.69, 9.17) is 0 Å². The lowest BCUT2D eigenvalue weighted by molar-refractivity contribution is 0.496. The summed E-state index contributed by atoms with van der Waals surface area (Å²) in [6.07, 6.45) is 1.56. The molecule has 96 valence electrons. The van der Waals surface area contributed by atoms with Gasteiger partial charge in [-0.25, -0.2) is 8.78 Å². The molecule has 1 aromatic rings. The number of hydrogen-bond acceptors (Lipinski definition) is 2. The van der Waals surface area contributed by atoms with Crippen LogP contribution in [-0.2, 0) is 6.42 Å². The zero-order valence-corrected chi connectivity index (χ0v) is 10.2. The topological polar surface area (TPSA) is 24.1 Å². The molecule has 0 atom stereocenters. The third kappa shape index (κ3) is 5.24. The SMILES string of the molecule is CCNCCCNCCc1cccc(F)c1F. The molecule has 0 radical (unpaired) electrons. The minimum absolute atomic E-state index is 0.434. The highest BCUT2D eigenvalue weighted by Crippen LogP contribution is 2.11. The van der Waals surface area contributed by atoms with Gasteiger partial charge in [-0.3, -0.25) is 0 Å². The van der Waals surface area contributed by atoms with E-state index in [9.17, 15) is 8.78 Å². The van der Waals surface area contributed by atoms with E-state index in [-0.39, 0.29) is 0 Å². The third-order valence-corrected chi connectivity index (χ3v) is 2.56. The molecule has 0 aliphatic rings. The van der Waals surface area contributed by atoms with Crippen molar-refractivity contribution in [2.45, 2.75) is 19.8 Å². The highest BCUT2D eigenvalue weighted by Gasteiger charge is 2.06. The Labute approximate surface area is 101 Å². The van der Waals surface area contributed by atoms with Gasteiger partial charge < -0.3 is 10.6 Å². The first-order valence-electron chi connectivity index (χ1n) is 6.10. The Balaban J connectivity index is 2.16. The monoisotopic (exact) mass is 242 g/mol. The molecule has 0 unspecified atom stereocenters. The maximum absolute atomic E-state index is 13.3. The van der Waals surface area contributed by atoms with Crippen LogP contribution < -0.4 is 10.6 Å². The molecule has 1 aromatic carbocycles. The van der Waals surface area contributed by atoms with Crippen molar-refractivity contribution in [3.05, 3.63) is 35.4 Å². The average molecular weight is 242 g/mol. The first-order chi connectivity index (χ1) is 8.25. The van der Waals surface area contributed by atoms with Crippen LogP contribution in [0.5, 0.6) is 0 Å². The minimum Gasteiger partial charge on any atom is -0.317 e. The summed E-state index contributed by atoms with van der Waals surface area (Å²) in [5, 5.41) is 6.43. The molecule has 0 heterocycles. The van der Waals surface area contributed by atoms with E-state index in [1.807, 2.05) is 0 Å². The molecule has 4 heteroatoms. The van der Waals surface area contributed by atoms with Crippen LogP contribution in [0, 0.1) is 11.6 Å². The Morgan fingerprint density at radius 3 is 2.59 bits per heavy atom. The quantitative estimate of drug-likeness (QED) is 0.682. The lowest BCUT2D eigenvalue weighted by Gasteiger charge is -2.06. The zero-order chi connectivity index (χ0) is 12.5. The second-order valence-corrected chi connectivity index (χ2v) is 3.92. The number of hydrogen-bond donors (Lipinski definition) is 2. The van der Waals surface area contributed by atoms with Gasteiger partial charge in [0.2, 0.25) is 0 Å². The normalized spacial score (nSPS) is 10.8. The van der Waals surface area contributed by atoms with Gasteiger partial charge in [0.15, 0.2) is 11.6 Å². The van der Waals surface area contributed by atoms with Crippen molar-refractivity contribution >= 4 is 0 Å². The molecular formula is C13H20F2N2. The highest BCUT2D eigenvalue weighted by molar-refractivity contribution is 5.19. The fourth-order valence-corrected chi connectivity index (χ4v) is 1.60. The summed E-state index contributed by atoms with van der Waals surface area (Å²) in [6.45, 7) is 5.60. The molecule has 0 amide bonds. The molecule has 2 N–H and O–H groups in total. The van der Waals surface area contributed by atoms with Crippen LogP contribution in [0.4, 0.5) is 8.78 Å². The van der Waals surface area contributed by atoms with E-state index in [1.54, 1.807) is 12.1 Å². The number of rotatable bonds is 8. The van der Waals surface area contributed by atoms with Crippen LogP contribution in [0.1, 0.15) is 18.9 Å². The largest absolute Gasteiger partial charge is 0.317 e. The molecule has 0 aromatic heterocycles. The summed E-state index contributed by atoms with van der Waals surface area (Å²) < 4.78 is 26.2. The average Bonchev–Trinajstić information content (AvgIpc) is 2.33. The second-order valence-electron chi connectivity index (χ2n) is 3.92. The first-order valence-corrected chi connectivity index (χ1v) is 6.10. The smallest absolute Gasteiger partial charge is 0.162 e. The van der Waals surface area contributed by atoms with Crippen LogP contribution in [0.3, 0.4) is 0 Å². The van der Waals surface area contributed by atoms with E-state index in [0.29, 0.717) is 18.5 Å². The first kappa shape index (κ1) is 14.1. The summed E-state index contributed by atoms with van der Waals surface area (Å²) in [5.74, 6) is -1.49. The maximum atomic E-state index is 13.3. The van der Waals surface area contributed by atoms with Gasteiger partial charge in [-0.1, -0.05) is 19.1 Å². The van der Waals surface area contributed by atoms with Crippen molar-refractivity contribution in [3.63, 3.8) is 0 Å². The second kappa shape index (κ2) is 8.14. The third-order valence-electron chi connectivity index (χ3n) is 2.56. The van der Waals surface area contributed by atoms with Gasteiger partial charge in [0.05, 0.1) is 0 Å². The van der Waals surface area contributed by atoms with Crippen molar-refractivity contribution in [2.24, 2.45) is 0 Å². The molecule has 0 aliphatic heterocycles.